The number of ether oxygens (including phenoxy) is 6. The smallest absolute Gasteiger partial charge is 0.351 e. The van der Waals surface area contributed by atoms with E-state index in [2.05, 4.69) is 45.8 Å². The molecule has 342 valence electrons. The molecule has 67 heavy (non-hydrogen) atoms. The first-order chi connectivity index (χ1) is 32.9. The Balaban J connectivity index is 0.000000159. The quantitative estimate of drug-likeness (QED) is 0.106. The Bertz CT molecular complexity index is 2990. The van der Waals surface area contributed by atoms with Crippen molar-refractivity contribution >= 4 is 15.9 Å². The number of hydrogen-bond donors (Lipinski definition) is 0. The number of pyridine rings is 2. The summed E-state index contributed by atoms with van der Waals surface area (Å²) in [6.07, 6.45) is 10.6. The lowest BCUT2D eigenvalue weighted by atomic mass is 9.97. The monoisotopic (exact) mass is 966 g/mol. The molecule has 17 heteroatoms. The number of aromatic nitrogens is 8. The van der Waals surface area contributed by atoms with E-state index in [1.54, 1.807) is 21.5 Å². The molecule has 2 atom stereocenters. The van der Waals surface area contributed by atoms with Crippen molar-refractivity contribution in [2.45, 2.75) is 77.0 Å². The molecule has 0 spiro atoms. The summed E-state index contributed by atoms with van der Waals surface area (Å²) in [4.78, 5) is 50.6. The van der Waals surface area contributed by atoms with Gasteiger partial charge < -0.3 is 28.4 Å². The van der Waals surface area contributed by atoms with Crippen LogP contribution in [-0.4, -0.2) is 77.7 Å². The minimum atomic E-state index is -0.296. The zero-order valence-electron chi connectivity index (χ0n) is 36.6. The highest BCUT2D eigenvalue weighted by molar-refractivity contribution is 9.10. The van der Waals surface area contributed by atoms with Gasteiger partial charge in [-0.3, -0.25) is 9.13 Å². The summed E-state index contributed by atoms with van der Waals surface area (Å²) < 4.78 is 39.0. The maximum atomic E-state index is 12.6. The van der Waals surface area contributed by atoms with Crippen LogP contribution >= 0.6 is 15.9 Å². The summed E-state index contributed by atoms with van der Waals surface area (Å²) in [7, 11) is 0. The molecule has 11 rings (SSSR count). The molecule has 2 fully saturated rings. The number of halogens is 1. The van der Waals surface area contributed by atoms with Crippen molar-refractivity contribution in [1.29, 1.82) is 0 Å². The van der Waals surface area contributed by atoms with E-state index < -0.39 is 0 Å². The Morgan fingerprint density at radius 1 is 0.612 bits per heavy atom. The fourth-order valence-electron chi connectivity index (χ4n) is 8.60. The van der Waals surface area contributed by atoms with E-state index in [1.807, 2.05) is 84.9 Å². The van der Waals surface area contributed by atoms with Gasteiger partial charge >= 0.3 is 11.4 Å². The summed E-state index contributed by atoms with van der Waals surface area (Å²) in [6.45, 7) is 4.21. The molecule has 7 aromatic rings. The average molecular weight is 968 g/mol. The highest BCUT2D eigenvalue weighted by atomic mass is 79.9. The molecule has 2 unspecified atom stereocenters. The van der Waals surface area contributed by atoms with Crippen LogP contribution in [0.1, 0.15) is 48.2 Å². The summed E-state index contributed by atoms with van der Waals surface area (Å²) in [6, 6.07) is 27.1. The summed E-state index contributed by atoms with van der Waals surface area (Å²) >= 11 is 3.38. The normalized spacial score (nSPS) is 16.7. The number of hydrogen-bond acceptors (Lipinski definition) is 14. The second-order valence-corrected chi connectivity index (χ2v) is 17.3. The second kappa shape index (κ2) is 20.4. The molecule has 9 heterocycles. The van der Waals surface area contributed by atoms with Crippen molar-refractivity contribution in [1.82, 2.24) is 39.0 Å². The average Bonchev–Trinajstić information content (AvgIpc) is 4.10. The number of benzene rings is 2. The van der Waals surface area contributed by atoms with Crippen molar-refractivity contribution in [2.24, 2.45) is 0 Å². The number of aryl methyl sites for hydroxylation is 2. The molecular weight excluding hydrogens is 921 g/mol. The zero-order chi connectivity index (χ0) is 45.5. The molecule has 5 aromatic heterocycles. The topological polar surface area (TPSA) is 177 Å². The van der Waals surface area contributed by atoms with Crippen LogP contribution in [0.2, 0.25) is 0 Å². The maximum absolute atomic E-state index is 12.6. The van der Waals surface area contributed by atoms with Gasteiger partial charge in [-0.25, -0.2) is 29.5 Å². The van der Waals surface area contributed by atoms with Gasteiger partial charge in [0.05, 0.1) is 40.7 Å². The maximum Gasteiger partial charge on any atom is 0.351 e. The third kappa shape index (κ3) is 10.6. The van der Waals surface area contributed by atoms with Gasteiger partial charge in [0, 0.05) is 67.5 Å². The predicted molar refractivity (Wildman–Crippen MR) is 250 cm³/mol. The van der Waals surface area contributed by atoms with Crippen LogP contribution in [0.25, 0.3) is 33.8 Å². The van der Waals surface area contributed by atoms with Crippen LogP contribution < -0.4 is 30.3 Å². The number of fused-ring (bicyclic) bond motifs is 6. The molecule has 0 radical (unpaired) electrons. The molecule has 16 nitrogen and oxygen atoms in total. The van der Waals surface area contributed by atoms with Crippen LogP contribution in [-0.2, 0) is 48.6 Å². The first kappa shape index (κ1) is 44.0. The van der Waals surface area contributed by atoms with Crippen molar-refractivity contribution in [2.75, 3.05) is 26.4 Å². The fourth-order valence-corrected chi connectivity index (χ4v) is 8.98. The van der Waals surface area contributed by atoms with Gasteiger partial charge in [0.2, 0.25) is 11.8 Å². The van der Waals surface area contributed by atoms with Crippen molar-refractivity contribution < 1.29 is 28.4 Å². The zero-order valence-corrected chi connectivity index (χ0v) is 38.2. The lowest BCUT2D eigenvalue weighted by molar-refractivity contribution is 0.0661. The van der Waals surface area contributed by atoms with E-state index in [1.165, 1.54) is 6.33 Å². The van der Waals surface area contributed by atoms with Crippen LogP contribution in [0.3, 0.4) is 0 Å². The van der Waals surface area contributed by atoms with E-state index in [0.29, 0.717) is 51.3 Å². The molecule has 4 aliphatic rings. The van der Waals surface area contributed by atoms with Crippen LogP contribution in [0.4, 0.5) is 0 Å². The third-order valence-electron chi connectivity index (χ3n) is 12.0. The Morgan fingerprint density at radius 2 is 1.15 bits per heavy atom. The third-order valence-corrected chi connectivity index (χ3v) is 12.4. The summed E-state index contributed by atoms with van der Waals surface area (Å²) in [5.41, 5.74) is 8.61. The first-order valence-electron chi connectivity index (χ1n) is 22.5. The summed E-state index contributed by atoms with van der Waals surface area (Å²) in [5.74, 6) is 2.22. The Labute approximate surface area is 394 Å². The first-order valence-corrected chi connectivity index (χ1v) is 23.3. The van der Waals surface area contributed by atoms with Gasteiger partial charge in [0.25, 0.3) is 0 Å². The molecule has 4 aliphatic heterocycles. The van der Waals surface area contributed by atoms with E-state index in [0.717, 1.165) is 124 Å². The molecule has 2 saturated heterocycles. The molecule has 0 N–H and O–H groups in total. The Kier molecular flexibility index (Phi) is 13.4. The van der Waals surface area contributed by atoms with Crippen LogP contribution in [0.5, 0.6) is 23.3 Å². The summed E-state index contributed by atoms with van der Waals surface area (Å²) in [5, 5.41) is 0. The van der Waals surface area contributed by atoms with Gasteiger partial charge in [-0.1, -0.05) is 12.1 Å². The van der Waals surface area contributed by atoms with Crippen LogP contribution in [0, 0.1) is 0 Å². The van der Waals surface area contributed by atoms with Crippen molar-refractivity contribution in [3.05, 3.63) is 152 Å². The van der Waals surface area contributed by atoms with Crippen LogP contribution in [0.15, 0.2) is 118 Å². The lowest BCUT2D eigenvalue weighted by Gasteiger charge is -2.22. The molecule has 2 aromatic carbocycles. The molecule has 0 amide bonds. The van der Waals surface area contributed by atoms with Gasteiger partial charge in [0.15, 0.2) is 0 Å². The Hall–Kier alpha value is -6.82. The van der Waals surface area contributed by atoms with E-state index in [-0.39, 0.29) is 23.6 Å². The number of nitrogens with zero attached hydrogens (tertiary/aromatic N) is 8. The standard InChI is InChI=1S/C27H25N5O4.C23H22BrN3O4/c33-27-31-26(36-16-22-4-2-10-34-22)12-25-23-7-6-21(11-18(23)8-9-32(25)27)35-15-20-3-1-5-24(30-20)19-13-28-17-29-14-19;24-21-5-1-3-16(25-21)13-30-17-6-7-19-15(11-17)8-9-27-20(19)12-22(26-23(27)28)31-14-18-4-2-10-29-18/h1,3,5-7,11-14,17,22H,2,4,8-10,15-16H2;1,3,5-7,11-12,18H,2,4,8-10,13-14H2. The van der Waals surface area contributed by atoms with Gasteiger partial charge in [-0.2, -0.15) is 9.97 Å². The molecular formula is C50H47BrN8O8. The van der Waals surface area contributed by atoms with Gasteiger partial charge in [-0.05, 0) is 126 Å². The molecule has 0 saturated carbocycles. The van der Waals surface area contributed by atoms with Crippen molar-refractivity contribution in [3.8, 4) is 57.0 Å². The van der Waals surface area contributed by atoms with Gasteiger partial charge in [0.1, 0.15) is 48.9 Å². The molecule has 0 aliphatic carbocycles. The minimum absolute atomic E-state index is 0.0637. The van der Waals surface area contributed by atoms with Crippen molar-refractivity contribution in [3.63, 3.8) is 0 Å². The van der Waals surface area contributed by atoms with Gasteiger partial charge in [-0.15, -0.1) is 0 Å². The molecule has 0 bridgehead atoms. The Morgan fingerprint density at radius 3 is 1.67 bits per heavy atom. The van der Waals surface area contributed by atoms with E-state index >= 15 is 0 Å². The fraction of sp³-hybridized carbons (Fsp3) is 0.320. The number of rotatable bonds is 13. The SMILES string of the molecule is O=c1nc(OCC2CCCO2)cc2n1CCc1cc(OCc3cccc(-c4cncnc4)n3)ccc1-2.O=c1nc(OCC2CCCO2)cc2n1CCc1cc(OCc3cccc(Br)n3)ccc1-2. The lowest BCUT2D eigenvalue weighted by Crippen LogP contribution is -2.29. The minimum Gasteiger partial charge on any atom is -0.487 e. The highest BCUT2D eigenvalue weighted by Gasteiger charge is 2.24. The highest BCUT2D eigenvalue weighted by Crippen LogP contribution is 2.34. The van der Waals surface area contributed by atoms with E-state index in [9.17, 15) is 9.59 Å². The van der Waals surface area contributed by atoms with E-state index in [4.69, 9.17) is 28.4 Å². The largest absolute Gasteiger partial charge is 0.487 e. The predicted octanol–water partition coefficient (Wildman–Crippen LogP) is 7.22. The second-order valence-electron chi connectivity index (χ2n) is 16.5.